The van der Waals surface area contributed by atoms with Gasteiger partial charge in [-0.3, -0.25) is 4.79 Å². The molecule has 4 aromatic rings. The summed E-state index contributed by atoms with van der Waals surface area (Å²) in [5.41, 5.74) is 4.64. The van der Waals surface area contributed by atoms with Crippen LogP contribution in [0.2, 0.25) is 5.02 Å². The highest BCUT2D eigenvalue weighted by molar-refractivity contribution is 9.09. The molecular weight excluding hydrogens is 554 g/mol. The lowest BCUT2D eigenvalue weighted by Gasteiger charge is -2.22. The summed E-state index contributed by atoms with van der Waals surface area (Å²) in [6.07, 6.45) is 3.79. The molecule has 0 bridgehead atoms. The van der Waals surface area contributed by atoms with Crippen LogP contribution < -0.4 is 0 Å². The summed E-state index contributed by atoms with van der Waals surface area (Å²) in [6, 6.07) is 24.6. The quantitative estimate of drug-likeness (QED) is 0.157. The van der Waals surface area contributed by atoms with Crippen LogP contribution in [0.4, 0.5) is 0 Å². The van der Waals surface area contributed by atoms with Crippen molar-refractivity contribution in [2.24, 2.45) is 0 Å². The molecule has 0 aliphatic carbocycles. The summed E-state index contributed by atoms with van der Waals surface area (Å²) in [4.78, 5) is 28.6. The number of rotatable bonds is 8. The molecular formula is C30H25BrClNO4. The van der Waals surface area contributed by atoms with Crippen LogP contribution in [-0.2, 0) is 14.3 Å². The average Bonchev–Trinajstić information content (AvgIpc) is 2.90. The summed E-state index contributed by atoms with van der Waals surface area (Å²) in [5.74, 6) is -0.799. The molecule has 0 N–H and O–H groups in total. The number of hydrogen-bond acceptors (Lipinski definition) is 5. The number of fused-ring (bicyclic) bond motifs is 1. The lowest BCUT2D eigenvalue weighted by Crippen LogP contribution is -2.13. The van der Waals surface area contributed by atoms with Gasteiger partial charge in [0.05, 0.1) is 23.9 Å². The van der Waals surface area contributed by atoms with Crippen LogP contribution >= 0.6 is 27.5 Å². The van der Waals surface area contributed by atoms with E-state index in [2.05, 4.69) is 20.9 Å². The molecule has 1 aromatic heterocycles. The van der Waals surface area contributed by atoms with E-state index in [1.807, 2.05) is 78.9 Å². The summed E-state index contributed by atoms with van der Waals surface area (Å²) >= 11 is 9.81. The number of ether oxygens (including phenoxy) is 2. The van der Waals surface area contributed by atoms with Gasteiger partial charge < -0.3 is 9.47 Å². The third kappa shape index (κ3) is 6.85. The molecule has 5 nitrogen and oxygen atoms in total. The average molecular weight is 579 g/mol. The number of hydrogen-bond donors (Lipinski definition) is 0. The van der Waals surface area contributed by atoms with Gasteiger partial charge >= 0.3 is 11.9 Å². The minimum Gasteiger partial charge on any atom is -0.465 e. The first-order valence-corrected chi connectivity index (χ1v) is 13.0. The fraction of sp³-hybridized carbons (Fsp3) is 0.167. The molecule has 37 heavy (non-hydrogen) atoms. The van der Waals surface area contributed by atoms with Crippen LogP contribution in [0.3, 0.4) is 0 Å². The number of aromatic nitrogens is 1. The summed E-state index contributed by atoms with van der Waals surface area (Å²) < 4.78 is 10.6. The van der Waals surface area contributed by atoms with Gasteiger partial charge in [0.2, 0.25) is 0 Å². The van der Waals surface area contributed by atoms with Gasteiger partial charge in [0.1, 0.15) is 6.10 Å². The van der Waals surface area contributed by atoms with Crippen molar-refractivity contribution in [3.63, 3.8) is 0 Å². The molecule has 0 amide bonds. The number of alkyl halides is 1. The largest absolute Gasteiger partial charge is 0.465 e. The maximum Gasteiger partial charge on any atom is 0.338 e. The van der Waals surface area contributed by atoms with Gasteiger partial charge in [-0.2, -0.15) is 0 Å². The maximum absolute atomic E-state index is 12.2. The number of methoxy groups -OCH3 is 1. The molecule has 4 rings (SSSR count). The lowest BCUT2D eigenvalue weighted by atomic mass is 9.96. The maximum atomic E-state index is 12.2. The molecule has 0 saturated carbocycles. The van der Waals surface area contributed by atoms with Crippen LogP contribution in [0.15, 0.2) is 78.9 Å². The van der Waals surface area contributed by atoms with Gasteiger partial charge in [-0.15, -0.1) is 0 Å². The van der Waals surface area contributed by atoms with Gasteiger partial charge in [0.25, 0.3) is 0 Å². The number of carbonyl (C=O) groups is 2. The second-order valence-corrected chi connectivity index (χ2v) is 10.00. The van der Waals surface area contributed by atoms with Crippen molar-refractivity contribution in [2.45, 2.75) is 24.3 Å². The van der Waals surface area contributed by atoms with Crippen molar-refractivity contribution in [1.29, 1.82) is 0 Å². The molecule has 0 aliphatic heterocycles. The standard InChI is InChI=1S/C30H25BrClNO4/c1-19(34)37-29(18-27(31)25-8-3-4-9-26(25)30(35)36-2)22-7-5-6-20(16-22)10-14-24-15-12-21-11-13-23(32)17-28(21)33-24/h3-17,27,29H,18H2,1-2H3/b14-10+/t27-,29-/m1/s1. The molecule has 188 valence electrons. The van der Waals surface area contributed by atoms with E-state index in [-0.39, 0.29) is 10.8 Å². The fourth-order valence-electron chi connectivity index (χ4n) is 4.08. The zero-order valence-electron chi connectivity index (χ0n) is 20.4. The lowest BCUT2D eigenvalue weighted by molar-refractivity contribution is -0.147. The summed E-state index contributed by atoms with van der Waals surface area (Å²) in [5, 5.41) is 1.66. The molecule has 1 heterocycles. The van der Waals surface area contributed by atoms with Crippen LogP contribution in [0.25, 0.3) is 23.1 Å². The number of pyridine rings is 1. The third-order valence-corrected chi connectivity index (χ3v) is 6.94. The van der Waals surface area contributed by atoms with Gasteiger partial charge in [-0.1, -0.05) is 82.1 Å². The molecule has 2 atom stereocenters. The number of carbonyl (C=O) groups excluding carboxylic acids is 2. The minimum atomic E-state index is -0.526. The van der Waals surface area contributed by atoms with Crippen molar-refractivity contribution in [1.82, 2.24) is 4.98 Å². The molecule has 0 aliphatic rings. The Morgan fingerprint density at radius 2 is 1.78 bits per heavy atom. The highest BCUT2D eigenvalue weighted by Gasteiger charge is 2.24. The molecule has 3 aromatic carbocycles. The van der Waals surface area contributed by atoms with Gasteiger partial charge in [-0.05, 0) is 53.1 Å². The summed E-state index contributed by atoms with van der Waals surface area (Å²) in [7, 11) is 1.35. The Balaban J connectivity index is 1.58. The zero-order chi connectivity index (χ0) is 26.4. The van der Waals surface area contributed by atoms with Crippen LogP contribution in [0, 0.1) is 0 Å². The minimum absolute atomic E-state index is 0.250. The van der Waals surface area contributed by atoms with E-state index in [0.29, 0.717) is 17.0 Å². The Labute approximate surface area is 229 Å². The first-order valence-electron chi connectivity index (χ1n) is 11.7. The van der Waals surface area contributed by atoms with Crippen molar-refractivity contribution < 1.29 is 19.1 Å². The first kappa shape index (κ1) is 26.6. The Hall–Kier alpha value is -3.48. The van der Waals surface area contributed by atoms with Crippen LogP contribution in [0.5, 0.6) is 0 Å². The molecule has 0 spiro atoms. The van der Waals surface area contributed by atoms with Gasteiger partial charge in [-0.25, -0.2) is 9.78 Å². The predicted molar refractivity (Wildman–Crippen MR) is 151 cm³/mol. The molecule has 0 saturated heterocycles. The second kappa shape index (κ2) is 12.2. The van der Waals surface area contributed by atoms with Gasteiger partial charge in [0.15, 0.2) is 0 Å². The highest BCUT2D eigenvalue weighted by atomic mass is 79.9. The van der Waals surface area contributed by atoms with E-state index >= 15 is 0 Å². The zero-order valence-corrected chi connectivity index (χ0v) is 22.7. The topological polar surface area (TPSA) is 65.5 Å². The Morgan fingerprint density at radius 1 is 1.00 bits per heavy atom. The second-order valence-electron chi connectivity index (χ2n) is 8.46. The number of nitrogens with zero attached hydrogens (tertiary/aromatic N) is 1. The number of benzene rings is 3. The Morgan fingerprint density at radius 3 is 2.57 bits per heavy atom. The van der Waals surface area contributed by atoms with Crippen LogP contribution in [-0.4, -0.2) is 24.0 Å². The van der Waals surface area contributed by atoms with Crippen molar-refractivity contribution in [2.75, 3.05) is 7.11 Å². The Kier molecular flexibility index (Phi) is 8.74. The van der Waals surface area contributed by atoms with E-state index in [0.717, 1.165) is 33.3 Å². The predicted octanol–water partition coefficient (Wildman–Crippen LogP) is 7.98. The molecule has 7 heteroatoms. The van der Waals surface area contributed by atoms with E-state index in [9.17, 15) is 9.59 Å². The monoisotopic (exact) mass is 577 g/mol. The van der Waals surface area contributed by atoms with Crippen molar-refractivity contribution >= 4 is 62.5 Å². The fourth-order valence-corrected chi connectivity index (χ4v) is 4.98. The Bertz CT molecular complexity index is 1470. The normalized spacial score (nSPS) is 12.9. The smallest absolute Gasteiger partial charge is 0.338 e. The SMILES string of the molecule is COC(=O)c1ccccc1[C@H](Br)C[C@@H](OC(C)=O)c1cccc(/C=C/c2ccc3ccc(Cl)cc3n2)c1. The van der Waals surface area contributed by atoms with Crippen molar-refractivity contribution in [3.8, 4) is 0 Å². The van der Waals surface area contributed by atoms with Gasteiger partial charge in [0, 0.05) is 28.6 Å². The molecule has 0 fully saturated rings. The first-order chi connectivity index (χ1) is 17.8. The van der Waals surface area contributed by atoms with E-state index in [1.54, 1.807) is 12.1 Å². The van der Waals surface area contributed by atoms with Crippen molar-refractivity contribution in [3.05, 3.63) is 112 Å². The third-order valence-electron chi connectivity index (χ3n) is 5.84. The van der Waals surface area contributed by atoms with E-state index in [1.165, 1.54) is 14.0 Å². The van der Waals surface area contributed by atoms with E-state index < -0.39 is 12.1 Å². The molecule has 0 unspecified atom stereocenters. The van der Waals surface area contributed by atoms with E-state index in [4.69, 9.17) is 21.1 Å². The number of halogens is 2. The highest BCUT2D eigenvalue weighted by Crippen LogP contribution is 2.37. The van der Waals surface area contributed by atoms with Crippen LogP contribution in [0.1, 0.15) is 57.0 Å². The molecule has 0 radical (unpaired) electrons. The summed E-state index contributed by atoms with van der Waals surface area (Å²) in [6.45, 7) is 1.39. The number of esters is 2.